The lowest BCUT2D eigenvalue weighted by atomic mass is 10.0. The Morgan fingerprint density at radius 3 is 2.31 bits per heavy atom. The lowest BCUT2D eigenvalue weighted by Gasteiger charge is -2.17. The highest BCUT2D eigenvalue weighted by Gasteiger charge is 2.36. The van der Waals surface area contributed by atoms with Gasteiger partial charge in [0.25, 0.3) is 5.91 Å². The molecule has 0 bridgehead atoms. The van der Waals surface area contributed by atoms with Crippen molar-refractivity contribution >= 4 is 23.9 Å². The van der Waals surface area contributed by atoms with Crippen molar-refractivity contribution in [3.05, 3.63) is 88.1 Å². The Bertz CT molecular complexity index is 1000. The molecule has 2 aromatic rings. The van der Waals surface area contributed by atoms with Crippen LogP contribution in [0.1, 0.15) is 28.4 Å². The number of hydrogen-bond donors (Lipinski definition) is 0. The van der Waals surface area contributed by atoms with Gasteiger partial charge in [0.15, 0.2) is 0 Å². The van der Waals surface area contributed by atoms with E-state index in [1.54, 1.807) is 30.0 Å². The molecule has 0 aromatic heterocycles. The summed E-state index contributed by atoms with van der Waals surface area (Å²) >= 11 is 0. The van der Waals surface area contributed by atoms with Crippen molar-refractivity contribution in [3.8, 4) is 0 Å². The molecule has 0 radical (unpaired) electrons. The standard InChI is InChI=1S/C23H21NO5/c1-15-20(23(28)29-2)19(14-17-8-10-18(11-9-17)22(26)27)21(25)24(15)13-12-16-6-4-3-5-7-16/h3-11,14H,12-13H2,1-2H3,(H,26,27)/p-1/b19-14-. The van der Waals surface area contributed by atoms with Gasteiger partial charge < -0.3 is 19.5 Å². The largest absolute Gasteiger partial charge is 0.545 e. The molecule has 0 fully saturated rings. The van der Waals surface area contributed by atoms with Crippen molar-refractivity contribution in [1.29, 1.82) is 0 Å². The maximum Gasteiger partial charge on any atom is 0.340 e. The number of carbonyl (C=O) groups excluding carboxylic acids is 3. The summed E-state index contributed by atoms with van der Waals surface area (Å²) in [7, 11) is 1.27. The van der Waals surface area contributed by atoms with Gasteiger partial charge in [0.2, 0.25) is 0 Å². The Hall–Kier alpha value is -3.67. The predicted octanol–water partition coefficient (Wildman–Crippen LogP) is 1.97. The fraction of sp³-hybridized carbons (Fsp3) is 0.174. The summed E-state index contributed by atoms with van der Waals surface area (Å²) in [6, 6.07) is 15.7. The number of carboxylic acid groups (broad SMARTS) is 1. The molecule has 6 heteroatoms. The Kier molecular flexibility index (Phi) is 5.93. The van der Waals surface area contributed by atoms with Gasteiger partial charge in [-0.3, -0.25) is 4.79 Å². The zero-order chi connectivity index (χ0) is 21.0. The van der Waals surface area contributed by atoms with Crippen molar-refractivity contribution in [2.24, 2.45) is 0 Å². The molecule has 0 N–H and O–H groups in total. The van der Waals surface area contributed by atoms with Crippen LogP contribution in [-0.2, 0) is 20.7 Å². The fourth-order valence-electron chi connectivity index (χ4n) is 3.27. The van der Waals surface area contributed by atoms with Crippen molar-refractivity contribution in [2.75, 3.05) is 13.7 Å². The topological polar surface area (TPSA) is 86.7 Å². The third kappa shape index (κ3) is 4.27. The third-order valence-electron chi connectivity index (χ3n) is 4.83. The van der Waals surface area contributed by atoms with Gasteiger partial charge in [0, 0.05) is 12.2 Å². The molecule has 0 spiro atoms. The van der Waals surface area contributed by atoms with Gasteiger partial charge in [-0.2, -0.15) is 0 Å². The van der Waals surface area contributed by atoms with Crippen LogP contribution in [0.5, 0.6) is 0 Å². The molecule has 1 heterocycles. The van der Waals surface area contributed by atoms with E-state index in [0.717, 1.165) is 5.56 Å². The molecule has 148 valence electrons. The van der Waals surface area contributed by atoms with Crippen molar-refractivity contribution in [1.82, 2.24) is 4.90 Å². The van der Waals surface area contributed by atoms with Gasteiger partial charge in [-0.25, -0.2) is 4.79 Å². The first-order valence-electron chi connectivity index (χ1n) is 9.11. The molecule has 0 saturated carbocycles. The number of aromatic carboxylic acids is 1. The molecule has 0 atom stereocenters. The van der Waals surface area contributed by atoms with E-state index in [4.69, 9.17) is 4.74 Å². The first kappa shape index (κ1) is 20.1. The van der Waals surface area contributed by atoms with Crippen LogP contribution < -0.4 is 5.11 Å². The Morgan fingerprint density at radius 2 is 1.72 bits per heavy atom. The maximum atomic E-state index is 13.1. The molecular weight excluding hydrogens is 370 g/mol. The second kappa shape index (κ2) is 8.56. The second-order valence-electron chi connectivity index (χ2n) is 6.61. The molecule has 1 aliphatic heterocycles. The molecule has 0 unspecified atom stereocenters. The van der Waals surface area contributed by atoms with E-state index < -0.39 is 11.9 Å². The van der Waals surface area contributed by atoms with Gasteiger partial charge in [-0.15, -0.1) is 0 Å². The average Bonchev–Trinajstić information content (AvgIpc) is 2.96. The van der Waals surface area contributed by atoms with Crippen LogP contribution in [0.25, 0.3) is 6.08 Å². The molecule has 1 amide bonds. The third-order valence-corrected chi connectivity index (χ3v) is 4.83. The number of carbonyl (C=O) groups is 3. The van der Waals surface area contributed by atoms with Crippen molar-refractivity contribution in [2.45, 2.75) is 13.3 Å². The SMILES string of the molecule is COC(=O)C1=C(C)N(CCc2ccccc2)C(=O)/C1=C\c1ccc(C(=O)[O-])cc1. The number of rotatable bonds is 6. The Labute approximate surface area is 168 Å². The molecule has 1 aliphatic rings. The smallest absolute Gasteiger partial charge is 0.340 e. The second-order valence-corrected chi connectivity index (χ2v) is 6.61. The highest BCUT2D eigenvalue weighted by atomic mass is 16.5. The zero-order valence-corrected chi connectivity index (χ0v) is 16.2. The predicted molar refractivity (Wildman–Crippen MR) is 105 cm³/mol. The van der Waals surface area contributed by atoms with Crippen LogP contribution in [0.2, 0.25) is 0 Å². The highest BCUT2D eigenvalue weighted by Crippen LogP contribution is 2.31. The van der Waals surface area contributed by atoms with Crippen LogP contribution in [0, 0.1) is 0 Å². The number of hydrogen-bond acceptors (Lipinski definition) is 5. The average molecular weight is 390 g/mol. The van der Waals surface area contributed by atoms with Crippen molar-refractivity contribution < 1.29 is 24.2 Å². The minimum absolute atomic E-state index is 0.0364. The van der Waals surface area contributed by atoms with Gasteiger partial charge in [0.1, 0.15) is 0 Å². The number of methoxy groups -OCH3 is 1. The Balaban J connectivity index is 1.92. The van der Waals surface area contributed by atoms with Gasteiger partial charge in [0.05, 0.1) is 24.2 Å². The zero-order valence-electron chi connectivity index (χ0n) is 16.2. The number of carboxylic acids is 1. The van der Waals surface area contributed by atoms with E-state index >= 15 is 0 Å². The summed E-state index contributed by atoms with van der Waals surface area (Å²) in [5, 5.41) is 10.9. The van der Waals surface area contributed by atoms with Crippen LogP contribution >= 0.6 is 0 Å². The molecule has 2 aromatic carbocycles. The van der Waals surface area contributed by atoms with Crippen molar-refractivity contribution in [3.63, 3.8) is 0 Å². The van der Waals surface area contributed by atoms with Crippen LogP contribution in [0.4, 0.5) is 0 Å². The lowest BCUT2D eigenvalue weighted by molar-refractivity contribution is -0.255. The summed E-state index contributed by atoms with van der Waals surface area (Å²) in [5.74, 6) is -2.15. The summed E-state index contributed by atoms with van der Waals surface area (Å²) < 4.78 is 4.88. The summed E-state index contributed by atoms with van der Waals surface area (Å²) in [4.78, 5) is 37.9. The molecule has 29 heavy (non-hydrogen) atoms. The number of allylic oxidation sites excluding steroid dienone is 1. The first-order chi connectivity index (χ1) is 13.9. The minimum atomic E-state index is -1.28. The monoisotopic (exact) mass is 390 g/mol. The summed E-state index contributed by atoms with van der Waals surface area (Å²) in [5.41, 5.74) is 2.70. The van der Waals surface area contributed by atoms with Crippen LogP contribution in [-0.4, -0.2) is 36.4 Å². The van der Waals surface area contributed by atoms with Crippen LogP contribution in [0.15, 0.2) is 71.4 Å². The number of esters is 1. The minimum Gasteiger partial charge on any atom is -0.545 e. The molecular formula is C23H20NO5-. The van der Waals surface area contributed by atoms with E-state index in [-0.39, 0.29) is 22.6 Å². The number of amides is 1. The molecule has 3 rings (SSSR count). The van der Waals surface area contributed by atoms with E-state index in [1.165, 1.54) is 19.2 Å². The van der Waals surface area contributed by atoms with Gasteiger partial charge >= 0.3 is 5.97 Å². The van der Waals surface area contributed by atoms with E-state index in [2.05, 4.69) is 0 Å². The highest BCUT2D eigenvalue weighted by molar-refractivity contribution is 6.16. The van der Waals surface area contributed by atoms with E-state index in [1.807, 2.05) is 30.3 Å². The number of ether oxygens (including phenoxy) is 1. The quantitative estimate of drug-likeness (QED) is 0.556. The van der Waals surface area contributed by atoms with Gasteiger partial charge in [-0.1, -0.05) is 54.6 Å². The fourth-order valence-corrected chi connectivity index (χ4v) is 3.27. The maximum absolute atomic E-state index is 13.1. The normalized spacial score (nSPS) is 15.2. The molecule has 0 saturated heterocycles. The first-order valence-corrected chi connectivity index (χ1v) is 9.11. The van der Waals surface area contributed by atoms with E-state index in [9.17, 15) is 19.5 Å². The molecule has 0 aliphatic carbocycles. The summed E-state index contributed by atoms with van der Waals surface area (Å²) in [6.45, 7) is 2.14. The number of benzene rings is 2. The lowest BCUT2D eigenvalue weighted by Crippen LogP contribution is -2.27. The summed E-state index contributed by atoms with van der Waals surface area (Å²) in [6.07, 6.45) is 2.21. The number of nitrogens with zero attached hydrogens (tertiary/aromatic N) is 1. The Morgan fingerprint density at radius 1 is 1.07 bits per heavy atom. The van der Waals surface area contributed by atoms with Gasteiger partial charge in [-0.05, 0) is 36.1 Å². The van der Waals surface area contributed by atoms with Crippen LogP contribution in [0.3, 0.4) is 0 Å². The molecule has 6 nitrogen and oxygen atoms in total. The van der Waals surface area contributed by atoms with E-state index in [0.29, 0.717) is 24.2 Å².